The minimum absolute atomic E-state index is 0.00265. The average Bonchev–Trinajstić information content (AvgIpc) is 3.15. The molecule has 152 valence electrons. The van der Waals surface area contributed by atoms with Crippen LogP contribution in [0.25, 0.3) is 22.6 Å². The molecular formula is C19H16F3N3O4. The summed E-state index contributed by atoms with van der Waals surface area (Å²) < 4.78 is 55.0. The Balaban J connectivity index is 1.98. The maximum atomic E-state index is 13.2. The molecule has 1 aromatic carbocycles. The molecule has 2 aromatic heterocycles. The first-order chi connectivity index (χ1) is 13.8. The number of ether oxygens (including phenoxy) is 2. The first-order valence-corrected chi connectivity index (χ1v) is 8.37. The van der Waals surface area contributed by atoms with Gasteiger partial charge in [-0.1, -0.05) is 0 Å². The number of pyridine rings is 1. The number of benzene rings is 1. The van der Waals surface area contributed by atoms with Crippen LogP contribution in [0.2, 0.25) is 0 Å². The zero-order chi connectivity index (χ0) is 21.0. The number of alkyl halides is 3. The van der Waals surface area contributed by atoms with E-state index in [0.717, 1.165) is 0 Å². The van der Waals surface area contributed by atoms with Crippen molar-refractivity contribution < 1.29 is 31.9 Å². The molecule has 3 rings (SSSR count). The topological polar surface area (TPSA) is 86.5 Å². The number of oxazole rings is 1. The molecule has 1 amide bonds. The molecule has 1 N–H and O–H groups in total. The molecule has 0 aliphatic heterocycles. The molecule has 10 heteroatoms. The number of hydrogen-bond acceptors (Lipinski definition) is 6. The molecule has 2 heterocycles. The van der Waals surface area contributed by atoms with Crippen molar-refractivity contribution in [2.75, 3.05) is 7.11 Å². The molecule has 1 atom stereocenters. The van der Waals surface area contributed by atoms with Crippen LogP contribution in [0.1, 0.15) is 12.8 Å². The number of halogens is 3. The van der Waals surface area contributed by atoms with Gasteiger partial charge in [-0.15, -0.1) is 0 Å². The summed E-state index contributed by atoms with van der Waals surface area (Å²) in [5.41, 5.74) is 0.698. The molecule has 0 spiro atoms. The summed E-state index contributed by atoms with van der Waals surface area (Å²) in [6.45, 7) is 1.63. The number of nitrogens with zero attached hydrogens (tertiary/aromatic N) is 2. The lowest BCUT2D eigenvalue weighted by Gasteiger charge is -2.13. The van der Waals surface area contributed by atoms with Gasteiger partial charge in [0.1, 0.15) is 11.4 Å². The van der Waals surface area contributed by atoms with Gasteiger partial charge in [-0.05, 0) is 37.3 Å². The highest BCUT2D eigenvalue weighted by atomic mass is 19.4. The third-order valence-corrected chi connectivity index (χ3v) is 3.82. The minimum atomic E-state index is -4.74. The molecule has 29 heavy (non-hydrogen) atoms. The van der Waals surface area contributed by atoms with Gasteiger partial charge in [0.25, 0.3) is 0 Å². The first kappa shape index (κ1) is 20.2. The van der Waals surface area contributed by atoms with Crippen molar-refractivity contribution >= 4 is 6.41 Å². The molecule has 0 radical (unpaired) electrons. The standard InChI is InChI=1S/C19H16F3N3O4/c1-11(24-10-26)28-14-6-3-12(4-7-14)17-16(25-18(29-17)19(20,21)22)13-5-8-15(27-2)23-9-13/h3-11H,1-2H3,(H,24,26). The zero-order valence-corrected chi connectivity index (χ0v) is 15.4. The molecule has 3 aromatic rings. The molecule has 1 unspecified atom stereocenters. The number of carbonyl (C=O) groups is 1. The van der Waals surface area contributed by atoms with Crippen LogP contribution in [0, 0.1) is 0 Å². The van der Waals surface area contributed by atoms with Gasteiger partial charge >= 0.3 is 12.1 Å². The van der Waals surface area contributed by atoms with Crippen LogP contribution in [0.15, 0.2) is 47.0 Å². The Bertz CT molecular complexity index is 970. The Kier molecular flexibility index (Phi) is 5.71. The normalized spacial score (nSPS) is 12.3. The number of amides is 1. The largest absolute Gasteiger partial charge is 0.481 e. The van der Waals surface area contributed by atoms with E-state index in [-0.39, 0.29) is 11.5 Å². The van der Waals surface area contributed by atoms with Gasteiger partial charge in [0.2, 0.25) is 12.3 Å². The summed E-state index contributed by atoms with van der Waals surface area (Å²) in [6, 6.07) is 9.21. The van der Waals surface area contributed by atoms with Gasteiger partial charge in [0.15, 0.2) is 12.0 Å². The van der Waals surface area contributed by atoms with E-state index >= 15 is 0 Å². The number of carbonyl (C=O) groups excluding carboxylic acids is 1. The number of rotatable bonds is 7. The van der Waals surface area contributed by atoms with Gasteiger partial charge in [0.05, 0.1) is 7.11 Å². The highest BCUT2D eigenvalue weighted by Crippen LogP contribution is 2.38. The van der Waals surface area contributed by atoms with Gasteiger partial charge < -0.3 is 19.2 Å². The summed E-state index contributed by atoms with van der Waals surface area (Å²) in [5, 5.41) is 2.43. The maximum Gasteiger partial charge on any atom is 0.468 e. The average molecular weight is 407 g/mol. The van der Waals surface area contributed by atoms with Crippen molar-refractivity contribution in [1.82, 2.24) is 15.3 Å². The Morgan fingerprint density at radius 2 is 1.83 bits per heavy atom. The molecule has 0 aliphatic carbocycles. The Labute approximate surface area is 163 Å². The van der Waals surface area contributed by atoms with E-state index in [4.69, 9.17) is 13.9 Å². The highest BCUT2D eigenvalue weighted by Gasteiger charge is 2.39. The van der Waals surface area contributed by atoms with E-state index in [0.29, 0.717) is 29.2 Å². The fraction of sp³-hybridized carbons (Fsp3) is 0.211. The van der Waals surface area contributed by atoms with Gasteiger partial charge in [0, 0.05) is 23.4 Å². The van der Waals surface area contributed by atoms with Crippen LogP contribution in [0.3, 0.4) is 0 Å². The van der Waals surface area contributed by atoms with E-state index < -0.39 is 18.3 Å². The second-order valence-electron chi connectivity index (χ2n) is 5.85. The lowest BCUT2D eigenvalue weighted by Crippen LogP contribution is -2.29. The lowest BCUT2D eigenvalue weighted by atomic mass is 10.1. The number of nitrogens with one attached hydrogen (secondary N) is 1. The fourth-order valence-electron chi connectivity index (χ4n) is 2.49. The van der Waals surface area contributed by atoms with Crippen LogP contribution >= 0.6 is 0 Å². The quantitative estimate of drug-likeness (QED) is 0.472. The molecule has 0 fully saturated rings. The minimum Gasteiger partial charge on any atom is -0.481 e. The van der Waals surface area contributed by atoms with Gasteiger partial charge in [-0.2, -0.15) is 13.2 Å². The van der Waals surface area contributed by atoms with Crippen molar-refractivity contribution in [2.24, 2.45) is 0 Å². The van der Waals surface area contributed by atoms with E-state index in [9.17, 15) is 18.0 Å². The molecule has 0 aliphatic rings. The highest BCUT2D eigenvalue weighted by molar-refractivity contribution is 5.76. The summed E-state index contributed by atoms with van der Waals surface area (Å²) in [6.07, 6.45) is -3.46. The van der Waals surface area contributed by atoms with Crippen molar-refractivity contribution in [3.63, 3.8) is 0 Å². The van der Waals surface area contributed by atoms with Crippen LogP contribution in [0.5, 0.6) is 11.6 Å². The number of aromatic nitrogens is 2. The zero-order valence-electron chi connectivity index (χ0n) is 15.4. The monoisotopic (exact) mass is 407 g/mol. The number of hydrogen-bond donors (Lipinski definition) is 1. The Hall–Kier alpha value is -3.56. The van der Waals surface area contributed by atoms with Crippen LogP contribution in [0.4, 0.5) is 13.2 Å². The van der Waals surface area contributed by atoms with Crippen molar-refractivity contribution in [2.45, 2.75) is 19.3 Å². The van der Waals surface area contributed by atoms with Crippen molar-refractivity contribution in [1.29, 1.82) is 0 Å². The fourth-order valence-corrected chi connectivity index (χ4v) is 2.49. The predicted molar refractivity (Wildman–Crippen MR) is 96.0 cm³/mol. The molecular weight excluding hydrogens is 391 g/mol. The summed E-state index contributed by atoms with van der Waals surface area (Å²) in [7, 11) is 1.43. The molecule has 0 saturated heterocycles. The van der Waals surface area contributed by atoms with E-state index in [1.807, 2.05) is 0 Å². The van der Waals surface area contributed by atoms with Crippen LogP contribution in [-0.2, 0) is 11.0 Å². The lowest BCUT2D eigenvalue weighted by molar-refractivity contribution is -0.156. The summed E-state index contributed by atoms with van der Waals surface area (Å²) >= 11 is 0. The third-order valence-electron chi connectivity index (χ3n) is 3.82. The van der Waals surface area contributed by atoms with E-state index in [1.54, 1.807) is 19.1 Å². The first-order valence-electron chi connectivity index (χ1n) is 8.37. The summed E-state index contributed by atoms with van der Waals surface area (Å²) in [5.74, 6) is -0.689. The maximum absolute atomic E-state index is 13.2. The van der Waals surface area contributed by atoms with E-state index in [2.05, 4.69) is 15.3 Å². The molecule has 7 nitrogen and oxygen atoms in total. The third kappa shape index (κ3) is 4.65. The van der Waals surface area contributed by atoms with Crippen LogP contribution in [-0.4, -0.2) is 29.7 Å². The smallest absolute Gasteiger partial charge is 0.468 e. The Morgan fingerprint density at radius 3 is 2.38 bits per heavy atom. The molecule has 0 bridgehead atoms. The summed E-state index contributed by atoms with van der Waals surface area (Å²) in [4.78, 5) is 18.1. The SMILES string of the molecule is COc1ccc(-c2nc(C(F)(F)F)oc2-c2ccc(OC(C)NC=O)cc2)cn1. The van der Waals surface area contributed by atoms with Crippen molar-refractivity contribution in [3.05, 3.63) is 48.5 Å². The second-order valence-corrected chi connectivity index (χ2v) is 5.85. The number of methoxy groups -OCH3 is 1. The van der Waals surface area contributed by atoms with Gasteiger partial charge in [-0.25, -0.2) is 9.97 Å². The Morgan fingerprint density at radius 1 is 1.14 bits per heavy atom. The van der Waals surface area contributed by atoms with Crippen molar-refractivity contribution in [3.8, 4) is 34.2 Å². The second kappa shape index (κ2) is 8.21. The van der Waals surface area contributed by atoms with Crippen LogP contribution < -0.4 is 14.8 Å². The molecule has 0 saturated carbocycles. The van der Waals surface area contributed by atoms with Gasteiger partial charge in [-0.3, -0.25) is 4.79 Å². The predicted octanol–water partition coefficient (Wildman–Crippen LogP) is 3.90. The van der Waals surface area contributed by atoms with E-state index in [1.165, 1.54) is 37.6 Å².